The molecular formula is C17H19ClN2O4S2. The Morgan fingerprint density at radius 1 is 1.12 bits per heavy atom. The Morgan fingerprint density at radius 2 is 1.65 bits per heavy atom. The van der Waals surface area contributed by atoms with Crippen LogP contribution >= 0.6 is 24.2 Å². The maximum absolute atomic E-state index is 12.2. The number of benzene rings is 2. The van der Waals surface area contributed by atoms with Crippen molar-refractivity contribution < 1.29 is 17.9 Å². The second kappa shape index (κ2) is 8.77. The zero-order chi connectivity index (χ0) is 17.9. The van der Waals surface area contributed by atoms with Crippen LogP contribution in [0.15, 0.2) is 53.4 Å². The van der Waals surface area contributed by atoms with Crippen LogP contribution in [-0.2, 0) is 14.6 Å². The Bertz CT molecular complexity index is 851. The number of anilines is 1. The summed E-state index contributed by atoms with van der Waals surface area (Å²) in [6.45, 7) is -0.0764. The first-order valence-corrected chi connectivity index (χ1v) is 10.4. The Hall–Kier alpha value is -1.74. The maximum atomic E-state index is 12.2. The molecule has 0 aliphatic carbocycles. The zero-order valence-corrected chi connectivity index (χ0v) is 16.2. The summed E-state index contributed by atoms with van der Waals surface area (Å²) < 4.78 is 30.1. The van der Waals surface area contributed by atoms with Gasteiger partial charge in [0, 0.05) is 16.7 Å². The first-order chi connectivity index (χ1) is 12.0. The average molecular weight is 415 g/mol. The fraction of sp³-hybridized carbons (Fsp3) is 0.235. The predicted octanol–water partition coefficient (Wildman–Crippen LogP) is 2.69. The first kappa shape index (κ1) is 20.6. The number of amides is 1. The zero-order valence-electron chi connectivity index (χ0n) is 13.8. The van der Waals surface area contributed by atoms with Gasteiger partial charge in [-0.2, -0.15) is 11.8 Å². The van der Waals surface area contributed by atoms with E-state index in [4.69, 9.17) is 10.5 Å². The van der Waals surface area contributed by atoms with E-state index in [1.54, 1.807) is 60.3 Å². The minimum atomic E-state index is -3.23. The second-order valence-corrected chi connectivity index (χ2v) is 8.95. The number of carbonyl (C=O) groups excluding carboxylic acids is 1. The normalized spacial score (nSPS) is 15.7. The van der Waals surface area contributed by atoms with Crippen LogP contribution in [0, 0.1) is 0 Å². The molecule has 3 rings (SSSR count). The van der Waals surface area contributed by atoms with Crippen molar-refractivity contribution in [2.45, 2.75) is 10.1 Å². The monoisotopic (exact) mass is 414 g/mol. The number of hydrogen-bond acceptors (Lipinski definition) is 6. The van der Waals surface area contributed by atoms with E-state index in [9.17, 15) is 13.2 Å². The van der Waals surface area contributed by atoms with Gasteiger partial charge in [-0.15, -0.1) is 12.4 Å². The molecule has 1 amide bonds. The number of halogens is 1. The van der Waals surface area contributed by atoms with Crippen molar-refractivity contribution in [3.63, 3.8) is 0 Å². The van der Waals surface area contributed by atoms with Crippen LogP contribution in [0.5, 0.6) is 11.5 Å². The molecule has 2 aromatic carbocycles. The summed E-state index contributed by atoms with van der Waals surface area (Å²) in [6.07, 6.45) is 0. The number of hydrogen-bond donors (Lipinski definition) is 2. The molecule has 6 nitrogen and oxygen atoms in total. The number of ether oxygens (including phenoxy) is 1. The van der Waals surface area contributed by atoms with Gasteiger partial charge in [0.2, 0.25) is 5.91 Å². The topological polar surface area (TPSA) is 98.5 Å². The van der Waals surface area contributed by atoms with E-state index in [0.717, 1.165) is 5.75 Å². The maximum Gasteiger partial charge on any atom is 0.238 e. The average Bonchev–Trinajstić information content (AvgIpc) is 3.40. The molecule has 1 unspecified atom stereocenters. The Morgan fingerprint density at radius 3 is 2.15 bits per heavy atom. The van der Waals surface area contributed by atoms with Crippen molar-refractivity contribution in [1.29, 1.82) is 0 Å². The number of nitrogens with one attached hydrogen (secondary N) is 1. The van der Waals surface area contributed by atoms with Gasteiger partial charge in [-0.1, -0.05) is 0 Å². The molecule has 1 aliphatic heterocycles. The molecule has 0 bridgehead atoms. The van der Waals surface area contributed by atoms with Crippen LogP contribution in [0.3, 0.4) is 0 Å². The molecule has 1 heterocycles. The van der Waals surface area contributed by atoms with Gasteiger partial charge in [0.25, 0.3) is 0 Å². The summed E-state index contributed by atoms with van der Waals surface area (Å²) in [6, 6.07) is 13.2. The minimum Gasteiger partial charge on any atom is -0.457 e. The van der Waals surface area contributed by atoms with Crippen molar-refractivity contribution in [3.8, 4) is 11.5 Å². The largest absolute Gasteiger partial charge is 0.457 e. The van der Waals surface area contributed by atoms with Gasteiger partial charge in [-0.3, -0.25) is 4.79 Å². The summed E-state index contributed by atoms with van der Waals surface area (Å²) in [5.74, 6) is 1.96. The lowest BCUT2D eigenvalue weighted by Crippen LogP contribution is -2.21. The summed E-state index contributed by atoms with van der Waals surface area (Å²) >= 11 is 1.66. The fourth-order valence-corrected chi connectivity index (χ4v) is 4.85. The van der Waals surface area contributed by atoms with Gasteiger partial charge < -0.3 is 15.8 Å². The second-order valence-electron chi connectivity index (χ2n) is 5.59. The third-order valence-electron chi connectivity index (χ3n) is 3.55. The van der Waals surface area contributed by atoms with Crippen molar-refractivity contribution in [1.82, 2.24) is 0 Å². The lowest BCUT2D eigenvalue weighted by molar-refractivity contribution is -0.114. The SMILES string of the molecule is Cl.NCC(=O)Nc1ccc(Oc2ccc(S(=O)(=O)CC3CS3)cc2)cc1. The fourth-order valence-electron chi connectivity index (χ4n) is 2.17. The lowest BCUT2D eigenvalue weighted by atomic mass is 10.3. The Labute approximate surface area is 162 Å². The number of nitrogens with two attached hydrogens (primary N) is 1. The highest BCUT2D eigenvalue weighted by Gasteiger charge is 2.29. The molecule has 0 saturated carbocycles. The van der Waals surface area contributed by atoms with Gasteiger partial charge in [0.05, 0.1) is 17.2 Å². The van der Waals surface area contributed by atoms with E-state index in [0.29, 0.717) is 22.1 Å². The summed E-state index contributed by atoms with van der Waals surface area (Å²) in [4.78, 5) is 11.5. The molecule has 2 aromatic rings. The van der Waals surface area contributed by atoms with E-state index < -0.39 is 9.84 Å². The number of carbonyl (C=O) groups is 1. The molecule has 1 aliphatic rings. The third kappa shape index (κ3) is 5.63. The van der Waals surface area contributed by atoms with Crippen LogP contribution < -0.4 is 15.8 Å². The van der Waals surface area contributed by atoms with E-state index in [1.807, 2.05) is 0 Å². The summed E-state index contributed by atoms with van der Waals surface area (Å²) in [5, 5.41) is 2.87. The molecule has 26 heavy (non-hydrogen) atoms. The molecule has 9 heteroatoms. The molecule has 1 fully saturated rings. The van der Waals surface area contributed by atoms with Gasteiger partial charge in [-0.05, 0) is 48.5 Å². The van der Waals surface area contributed by atoms with Crippen LogP contribution in [0.25, 0.3) is 0 Å². The van der Waals surface area contributed by atoms with Gasteiger partial charge in [-0.25, -0.2) is 8.42 Å². The number of rotatable bonds is 7. The van der Waals surface area contributed by atoms with E-state index in [1.165, 1.54) is 0 Å². The molecule has 1 saturated heterocycles. The molecule has 0 radical (unpaired) electrons. The van der Waals surface area contributed by atoms with Crippen LogP contribution in [0.4, 0.5) is 5.69 Å². The van der Waals surface area contributed by atoms with Crippen molar-refractivity contribution in [2.24, 2.45) is 5.73 Å². The smallest absolute Gasteiger partial charge is 0.238 e. The molecule has 0 spiro atoms. The number of sulfone groups is 1. The van der Waals surface area contributed by atoms with Crippen molar-refractivity contribution in [2.75, 3.05) is 23.4 Å². The summed E-state index contributed by atoms with van der Waals surface area (Å²) in [7, 11) is -3.23. The van der Waals surface area contributed by atoms with Crippen molar-refractivity contribution >= 4 is 45.6 Å². The highest BCUT2D eigenvalue weighted by Crippen LogP contribution is 2.33. The van der Waals surface area contributed by atoms with Gasteiger partial charge in [0.15, 0.2) is 9.84 Å². The highest BCUT2D eigenvalue weighted by molar-refractivity contribution is 8.08. The third-order valence-corrected chi connectivity index (χ3v) is 6.56. The minimum absolute atomic E-state index is 0. The van der Waals surface area contributed by atoms with Crippen molar-refractivity contribution in [3.05, 3.63) is 48.5 Å². The number of thioether (sulfide) groups is 1. The Kier molecular flexibility index (Phi) is 6.94. The molecular weight excluding hydrogens is 396 g/mol. The van der Waals surface area contributed by atoms with E-state index >= 15 is 0 Å². The van der Waals surface area contributed by atoms with Crippen LogP contribution in [0.1, 0.15) is 0 Å². The van der Waals surface area contributed by atoms with E-state index in [2.05, 4.69) is 5.32 Å². The van der Waals surface area contributed by atoms with Crippen LogP contribution in [0.2, 0.25) is 0 Å². The summed E-state index contributed by atoms with van der Waals surface area (Å²) in [5.41, 5.74) is 5.87. The quantitative estimate of drug-likeness (QED) is 0.676. The predicted molar refractivity (Wildman–Crippen MR) is 106 cm³/mol. The standard InChI is InChI=1S/C17H18N2O4S2.ClH/c18-9-17(20)19-12-1-3-13(4-2-12)23-14-5-7-16(8-6-14)25(21,22)11-15-10-24-15;/h1-8,15H,9-11,18H2,(H,19,20);1H. The van der Waals surface area contributed by atoms with Gasteiger partial charge >= 0.3 is 0 Å². The molecule has 0 aromatic heterocycles. The van der Waals surface area contributed by atoms with E-state index in [-0.39, 0.29) is 35.9 Å². The van der Waals surface area contributed by atoms with Crippen LogP contribution in [-0.4, -0.2) is 37.6 Å². The Balaban J connectivity index is 0.00000243. The van der Waals surface area contributed by atoms with Gasteiger partial charge in [0.1, 0.15) is 11.5 Å². The molecule has 3 N–H and O–H groups in total. The molecule has 1 atom stereocenters. The first-order valence-electron chi connectivity index (χ1n) is 7.68. The lowest BCUT2D eigenvalue weighted by Gasteiger charge is -2.09. The molecule has 140 valence electrons. The highest BCUT2D eigenvalue weighted by atomic mass is 35.5.